The molecule has 1 fully saturated rings. The molecule has 0 saturated carbocycles. The number of rotatable bonds is 3. The third-order valence-electron chi connectivity index (χ3n) is 3.60. The Bertz CT molecular complexity index is 585. The van der Waals surface area contributed by atoms with E-state index < -0.39 is 0 Å². The van der Waals surface area contributed by atoms with Crippen LogP contribution in [0.15, 0.2) is 36.5 Å². The van der Waals surface area contributed by atoms with Crippen LogP contribution in [0.5, 0.6) is 0 Å². The molecule has 1 aromatic heterocycles. The predicted octanol–water partition coefficient (Wildman–Crippen LogP) is 1.46. The van der Waals surface area contributed by atoms with E-state index in [0.717, 1.165) is 36.0 Å². The van der Waals surface area contributed by atoms with Crippen molar-refractivity contribution in [1.82, 2.24) is 15.6 Å². The molecule has 19 heavy (non-hydrogen) atoms. The van der Waals surface area contributed by atoms with Crippen LogP contribution >= 0.6 is 0 Å². The molecule has 2 N–H and O–H groups in total. The monoisotopic (exact) mass is 255 g/mol. The first kappa shape index (κ1) is 12.1. The Morgan fingerprint density at radius 1 is 1.37 bits per heavy atom. The first-order chi connectivity index (χ1) is 9.34. The van der Waals surface area contributed by atoms with Crippen molar-refractivity contribution in [2.75, 3.05) is 13.1 Å². The van der Waals surface area contributed by atoms with Gasteiger partial charge in [-0.25, -0.2) is 0 Å². The average molecular weight is 255 g/mol. The third kappa shape index (κ3) is 2.58. The van der Waals surface area contributed by atoms with Crippen LogP contribution < -0.4 is 10.6 Å². The van der Waals surface area contributed by atoms with Gasteiger partial charge in [-0.15, -0.1) is 0 Å². The summed E-state index contributed by atoms with van der Waals surface area (Å²) in [5.74, 6) is 0.251. The number of fused-ring (bicyclic) bond motifs is 1. The molecule has 1 aliphatic heterocycles. The van der Waals surface area contributed by atoms with Crippen molar-refractivity contribution >= 4 is 16.8 Å². The summed E-state index contributed by atoms with van der Waals surface area (Å²) >= 11 is 0. The number of para-hydroxylation sites is 1. The van der Waals surface area contributed by atoms with Crippen molar-refractivity contribution in [3.05, 3.63) is 42.1 Å². The summed E-state index contributed by atoms with van der Waals surface area (Å²) < 4.78 is 0. The van der Waals surface area contributed by atoms with Crippen molar-refractivity contribution in [1.29, 1.82) is 0 Å². The molecule has 1 saturated heterocycles. The van der Waals surface area contributed by atoms with E-state index in [0.29, 0.717) is 6.54 Å². The molecule has 4 heteroatoms. The highest BCUT2D eigenvalue weighted by Crippen LogP contribution is 2.16. The topological polar surface area (TPSA) is 54.0 Å². The number of carbonyl (C=O) groups excluding carboxylic acids is 1. The van der Waals surface area contributed by atoms with Crippen LogP contribution in [-0.2, 0) is 11.3 Å². The summed E-state index contributed by atoms with van der Waals surface area (Å²) in [5, 5.41) is 7.33. The number of hydrogen-bond donors (Lipinski definition) is 2. The second kappa shape index (κ2) is 5.36. The molecule has 1 aliphatic rings. The summed E-state index contributed by atoms with van der Waals surface area (Å²) in [7, 11) is 0. The smallest absolute Gasteiger partial charge is 0.224 e. The Morgan fingerprint density at radius 3 is 3.11 bits per heavy atom. The SMILES string of the molecule is O=C(NCc1cccc2cccnc12)C1CCNC1. The lowest BCUT2D eigenvalue weighted by molar-refractivity contribution is -0.124. The van der Waals surface area contributed by atoms with Gasteiger partial charge in [-0.1, -0.05) is 24.3 Å². The Kier molecular flexibility index (Phi) is 3.42. The first-order valence-corrected chi connectivity index (χ1v) is 6.65. The fourth-order valence-electron chi connectivity index (χ4n) is 2.52. The lowest BCUT2D eigenvalue weighted by Crippen LogP contribution is -2.31. The van der Waals surface area contributed by atoms with E-state index in [1.165, 1.54) is 0 Å². The van der Waals surface area contributed by atoms with Crippen molar-refractivity contribution in [2.45, 2.75) is 13.0 Å². The molecule has 1 amide bonds. The minimum absolute atomic E-state index is 0.114. The number of amides is 1. The zero-order valence-electron chi connectivity index (χ0n) is 10.7. The molecule has 4 nitrogen and oxygen atoms in total. The summed E-state index contributed by atoms with van der Waals surface area (Å²) in [6, 6.07) is 10.0. The summed E-state index contributed by atoms with van der Waals surface area (Å²) in [6.45, 7) is 2.28. The van der Waals surface area contributed by atoms with Gasteiger partial charge in [0.1, 0.15) is 0 Å². The highest BCUT2D eigenvalue weighted by Gasteiger charge is 2.21. The van der Waals surface area contributed by atoms with Gasteiger partial charge in [-0.3, -0.25) is 9.78 Å². The molecule has 3 rings (SSSR count). The first-order valence-electron chi connectivity index (χ1n) is 6.65. The quantitative estimate of drug-likeness (QED) is 0.873. The van der Waals surface area contributed by atoms with Crippen LogP contribution in [0.25, 0.3) is 10.9 Å². The Labute approximate surface area is 112 Å². The van der Waals surface area contributed by atoms with Crippen LogP contribution in [0, 0.1) is 5.92 Å². The standard InChI is InChI=1S/C15H17N3O/c19-15(13-6-8-16-9-13)18-10-12-4-1-3-11-5-2-7-17-14(11)12/h1-5,7,13,16H,6,8-10H2,(H,18,19). The molecular formula is C15H17N3O. The van der Waals surface area contributed by atoms with E-state index in [4.69, 9.17) is 0 Å². The second-order valence-electron chi connectivity index (χ2n) is 4.90. The van der Waals surface area contributed by atoms with Crippen molar-refractivity contribution < 1.29 is 4.79 Å². The average Bonchev–Trinajstić information content (AvgIpc) is 2.99. The van der Waals surface area contributed by atoms with Crippen LogP contribution in [0.2, 0.25) is 0 Å². The molecule has 0 bridgehead atoms. The highest BCUT2D eigenvalue weighted by atomic mass is 16.1. The van der Waals surface area contributed by atoms with Gasteiger partial charge in [-0.05, 0) is 24.6 Å². The van der Waals surface area contributed by atoms with Gasteiger partial charge in [0.2, 0.25) is 5.91 Å². The number of aromatic nitrogens is 1. The number of pyridine rings is 1. The predicted molar refractivity (Wildman–Crippen MR) is 74.6 cm³/mol. The van der Waals surface area contributed by atoms with E-state index in [-0.39, 0.29) is 11.8 Å². The van der Waals surface area contributed by atoms with Crippen LogP contribution in [-0.4, -0.2) is 24.0 Å². The molecule has 1 aromatic carbocycles. The highest BCUT2D eigenvalue weighted by molar-refractivity contribution is 5.83. The van der Waals surface area contributed by atoms with Crippen LogP contribution in [0.3, 0.4) is 0 Å². The molecule has 0 spiro atoms. The normalized spacial score (nSPS) is 18.6. The minimum atomic E-state index is 0.114. The van der Waals surface area contributed by atoms with Crippen molar-refractivity contribution in [2.24, 2.45) is 5.92 Å². The van der Waals surface area contributed by atoms with Crippen LogP contribution in [0.4, 0.5) is 0 Å². The summed E-state index contributed by atoms with van der Waals surface area (Å²) in [4.78, 5) is 16.4. The minimum Gasteiger partial charge on any atom is -0.352 e. The zero-order valence-corrected chi connectivity index (χ0v) is 10.7. The van der Waals surface area contributed by atoms with Crippen LogP contribution in [0.1, 0.15) is 12.0 Å². The molecule has 1 atom stereocenters. The maximum absolute atomic E-state index is 12.0. The lowest BCUT2D eigenvalue weighted by Gasteiger charge is -2.11. The van der Waals surface area contributed by atoms with E-state index in [1.54, 1.807) is 6.20 Å². The molecule has 0 aliphatic carbocycles. The van der Waals surface area contributed by atoms with Gasteiger partial charge >= 0.3 is 0 Å². The molecule has 2 aromatic rings. The van der Waals surface area contributed by atoms with E-state index in [1.807, 2.05) is 30.3 Å². The molecule has 0 radical (unpaired) electrons. The largest absolute Gasteiger partial charge is 0.352 e. The Hall–Kier alpha value is -1.94. The van der Waals surface area contributed by atoms with E-state index >= 15 is 0 Å². The second-order valence-corrected chi connectivity index (χ2v) is 4.90. The van der Waals surface area contributed by atoms with E-state index in [2.05, 4.69) is 15.6 Å². The number of hydrogen-bond acceptors (Lipinski definition) is 3. The number of benzene rings is 1. The van der Waals surface area contributed by atoms with Gasteiger partial charge in [0, 0.05) is 24.7 Å². The number of carbonyl (C=O) groups is 1. The van der Waals surface area contributed by atoms with Crippen molar-refractivity contribution in [3.63, 3.8) is 0 Å². The lowest BCUT2D eigenvalue weighted by atomic mass is 10.1. The molecule has 2 heterocycles. The van der Waals surface area contributed by atoms with Gasteiger partial charge in [-0.2, -0.15) is 0 Å². The van der Waals surface area contributed by atoms with Crippen molar-refractivity contribution in [3.8, 4) is 0 Å². The van der Waals surface area contributed by atoms with Gasteiger partial charge in [0.05, 0.1) is 11.4 Å². The fourth-order valence-corrected chi connectivity index (χ4v) is 2.52. The maximum atomic E-state index is 12.0. The summed E-state index contributed by atoms with van der Waals surface area (Å²) in [5.41, 5.74) is 2.03. The Morgan fingerprint density at radius 2 is 2.26 bits per heavy atom. The maximum Gasteiger partial charge on any atom is 0.224 e. The fraction of sp³-hybridized carbons (Fsp3) is 0.333. The van der Waals surface area contributed by atoms with Gasteiger partial charge in [0.25, 0.3) is 0 Å². The van der Waals surface area contributed by atoms with Gasteiger partial charge in [0.15, 0.2) is 0 Å². The molecule has 98 valence electrons. The number of nitrogens with one attached hydrogen (secondary N) is 2. The molecule has 1 unspecified atom stereocenters. The van der Waals surface area contributed by atoms with E-state index in [9.17, 15) is 4.79 Å². The number of nitrogens with zero attached hydrogens (tertiary/aromatic N) is 1. The Balaban J connectivity index is 1.73. The third-order valence-corrected chi connectivity index (χ3v) is 3.60. The zero-order chi connectivity index (χ0) is 13.1. The molecular weight excluding hydrogens is 238 g/mol. The van der Waals surface area contributed by atoms with Gasteiger partial charge < -0.3 is 10.6 Å². The summed E-state index contributed by atoms with van der Waals surface area (Å²) in [6.07, 6.45) is 2.72.